The smallest absolute Gasteiger partial charge is 0.450 e. The molecular weight excluding hydrogens is 176 g/mol. The number of halogens is 1. The van der Waals surface area contributed by atoms with E-state index in [1.54, 1.807) is 0 Å². The molecule has 0 aliphatic carbocycles. The number of rotatable bonds is 1. The molecule has 0 unspecified atom stereocenters. The summed E-state index contributed by atoms with van der Waals surface area (Å²) in [5.41, 5.74) is 0. The van der Waals surface area contributed by atoms with E-state index < -0.39 is 6.16 Å². The molecule has 0 rings (SSSR count). The lowest BCUT2D eigenvalue weighted by Gasteiger charge is -1.87. The van der Waals surface area contributed by atoms with Gasteiger partial charge in [-0.3, -0.25) is 0 Å². The molecule has 0 radical (unpaired) electrons. The molecule has 0 bridgehead atoms. The van der Waals surface area contributed by atoms with Crippen molar-refractivity contribution in [2.45, 2.75) is 0 Å². The lowest BCUT2D eigenvalue weighted by atomic mass is 10.8. The maximum atomic E-state index is 9.57. The summed E-state index contributed by atoms with van der Waals surface area (Å²) in [4.78, 5) is 11.9. The predicted molar refractivity (Wildman–Crippen MR) is 30.7 cm³/mol. The molecule has 0 amide bonds. The molecule has 44 valence electrons. The Morgan fingerprint density at radius 2 is 2.50 bits per heavy atom. The Kier molecular flexibility index (Phi) is 4.08. The van der Waals surface area contributed by atoms with Crippen molar-refractivity contribution in [3.8, 4) is 10.8 Å². The zero-order valence-electron chi connectivity index (χ0n) is 3.85. The van der Waals surface area contributed by atoms with Crippen LogP contribution in [0.2, 0.25) is 0 Å². The van der Waals surface area contributed by atoms with Gasteiger partial charge in [-0.15, -0.1) is 0 Å². The number of ether oxygens (including phenoxy) is 1. The Bertz CT molecular complexity index is 132. The third-order valence-electron chi connectivity index (χ3n) is 0.335. The molecule has 0 atom stereocenters. The highest BCUT2D eigenvalue weighted by Gasteiger charge is 1.88. The van der Waals surface area contributed by atoms with Gasteiger partial charge in [0.05, 0.1) is 0 Å². The topological polar surface area (TPSA) is 46.5 Å². The van der Waals surface area contributed by atoms with Crippen LogP contribution in [-0.4, -0.2) is 17.9 Å². The van der Waals surface area contributed by atoms with Crippen molar-refractivity contribution in [1.82, 2.24) is 0 Å². The molecule has 0 aromatic carbocycles. The molecule has 4 heteroatoms. The van der Waals surface area contributed by atoms with Gasteiger partial charge in [0.1, 0.15) is 0 Å². The maximum absolute atomic E-state index is 9.57. The summed E-state index contributed by atoms with van der Waals surface area (Å²) in [6.45, 7) is -0.0828. The summed E-state index contributed by atoms with van der Waals surface area (Å²) >= 11 is 2.77. The molecule has 8 heavy (non-hydrogen) atoms. The van der Waals surface area contributed by atoms with Crippen LogP contribution in [0.15, 0.2) is 0 Å². The SMILES string of the molecule is O=C(O)OCC#CBr. The number of carbonyl (C=O) groups is 1. The van der Waals surface area contributed by atoms with Crippen molar-refractivity contribution in [1.29, 1.82) is 0 Å². The second-order valence-electron chi connectivity index (χ2n) is 0.826. The highest BCUT2D eigenvalue weighted by atomic mass is 79.9. The van der Waals surface area contributed by atoms with E-state index in [0.29, 0.717) is 0 Å². The van der Waals surface area contributed by atoms with Gasteiger partial charge < -0.3 is 9.84 Å². The van der Waals surface area contributed by atoms with Crippen LogP contribution in [0.5, 0.6) is 0 Å². The van der Waals surface area contributed by atoms with Crippen LogP contribution >= 0.6 is 15.9 Å². The van der Waals surface area contributed by atoms with Gasteiger partial charge >= 0.3 is 6.16 Å². The van der Waals surface area contributed by atoms with Crippen LogP contribution in [0.1, 0.15) is 0 Å². The molecule has 0 aromatic heterocycles. The van der Waals surface area contributed by atoms with Crippen LogP contribution in [0.25, 0.3) is 0 Å². The molecule has 0 aromatic rings. The van der Waals surface area contributed by atoms with Gasteiger partial charge in [0.15, 0.2) is 6.61 Å². The van der Waals surface area contributed by atoms with Crippen LogP contribution < -0.4 is 0 Å². The van der Waals surface area contributed by atoms with Gasteiger partial charge in [-0.05, 0) is 10.8 Å². The highest BCUT2D eigenvalue weighted by Crippen LogP contribution is 1.74. The van der Waals surface area contributed by atoms with Gasteiger partial charge in [0, 0.05) is 15.9 Å². The minimum atomic E-state index is -1.31. The molecule has 0 aliphatic rings. The van der Waals surface area contributed by atoms with Crippen LogP contribution in [0.4, 0.5) is 4.79 Å². The second-order valence-corrected chi connectivity index (χ2v) is 1.22. The molecule has 0 fully saturated rings. The van der Waals surface area contributed by atoms with E-state index in [0.717, 1.165) is 0 Å². The van der Waals surface area contributed by atoms with E-state index in [1.807, 2.05) is 0 Å². The first-order chi connectivity index (χ1) is 3.77. The van der Waals surface area contributed by atoms with E-state index in [2.05, 4.69) is 31.4 Å². The summed E-state index contributed by atoms with van der Waals surface area (Å²) in [6.07, 6.45) is -1.31. The van der Waals surface area contributed by atoms with E-state index in [4.69, 9.17) is 5.11 Å². The lowest BCUT2D eigenvalue weighted by molar-refractivity contribution is 0.103. The van der Waals surface area contributed by atoms with E-state index >= 15 is 0 Å². The van der Waals surface area contributed by atoms with Gasteiger partial charge in [-0.1, -0.05) is 0 Å². The molecule has 0 saturated heterocycles. The number of carboxylic acid groups (broad SMARTS) is 1. The van der Waals surface area contributed by atoms with Gasteiger partial charge in [0.2, 0.25) is 0 Å². The van der Waals surface area contributed by atoms with Crippen molar-refractivity contribution < 1.29 is 14.6 Å². The molecule has 0 heterocycles. The molecule has 0 saturated carbocycles. The van der Waals surface area contributed by atoms with E-state index in [1.165, 1.54) is 0 Å². The van der Waals surface area contributed by atoms with Gasteiger partial charge in [-0.25, -0.2) is 4.79 Å². The first-order valence-electron chi connectivity index (χ1n) is 1.71. The summed E-state index contributed by atoms with van der Waals surface area (Å²) in [5.74, 6) is 2.34. The first-order valence-corrected chi connectivity index (χ1v) is 2.51. The molecule has 0 aliphatic heterocycles. The van der Waals surface area contributed by atoms with Crippen molar-refractivity contribution in [2.75, 3.05) is 6.61 Å². The minimum Gasteiger partial charge on any atom is -0.450 e. The Morgan fingerprint density at radius 1 is 1.88 bits per heavy atom. The summed E-state index contributed by atoms with van der Waals surface area (Å²) in [5, 5.41) is 7.83. The Labute approximate surface area is 54.8 Å². The first kappa shape index (κ1) is 7.31. The molecule has 3 nitrogen and oxygen atoms in total. The summed E-state index contributed by atoms with van der Waals surface area (Å²) < 4.78 is 4.00. The third kappa shape index (κ3) is 5.31. The van der Waals surface area contributed by atoms with Crippen molar-refractivity contribution >= 4 is 22.1 Å². The van der Waals surface area contributed by atoms with Crippen LogP contribution in [-0.2, 0) is 4.74 Å². The predicted octanol–water partition coefficient (Wildman–Crippen LogP) is 1.04. The lowest BCUT2D eigenvalue weighted by Crippen LogP contribution is -1.98. The quantitative estimate of drug-likeness (QED) is 0.483. The Hall–Kier alpha value is -0.690. The molecule has 1 N–H and O–H groups in total. The fourth-order valence-corrected chi connectivity index (χ4v) is 0.240. The monoisotopic (exact) mass is 178 g/mol. The second kappa shape index (κ2) is 4.47. The van der Waals surface area contributed by atoms with Crippen molar-refractivity contribution in [3.05, 3.63) is 0 Å². The van der Waals surface area contributed by atoms with Gasteiger partial charge in [-0.2, -0.15) is 0 Å². The molecular formula is C4H3BrO3. The van der Waals surface area contributed by atoms with Crippen LogP contribution in [0.3, 0.4) is 0 Å². The zero-order chi connectivity index (χ0) is 6.41. The normalized spacial score (nSPS) is 6.62. The Morgan fingerprint density at radius 3 is 2.88 bits per heavy atom. The average Bonchev–Trinajstić information content (AvgIpc) is 1.66. The maximum Gasteiger partial charge on any atom is 0.506 e. The number of hydrogen-bond acceptors (Lipinski definition) is 2. The van der Waals surface area contributed by atoms with Crippen molar-refractivity contribution in [3.63, 3.8) is 0 Å². The minimum absolute atomic E-state index is 0.0828. The van der Waals surface area contributed by atoms with E-state index in [9.17, 15) is 4.79 Å². The average molecular weight is 179 g/mol. The third-order valence-corrected chi connectivity index (χ3v) is 0.615. The fraction of sp³-hybridized carbons (Fsp3) is 0.250. The van der Waals surface area contributed by atoms with Crippen molar-refractivity contribution in [2.24, 2.45) is 0 Å². The Balaban J connectivity index is 3.14. The van der Waals surface area contributed by atoms with Crippen LogP contribution in [0, 0.1) is 10.8 Å². The largest absolute Gasteiger partial charge is 0.506 e. The fourth-order valence-electron chi connectivity index (χ4n) is 0.125. The zero-order valence-corrected chi connectivity index (χ0v) is 5.43. The standard InChI is InChI=1S/C4H3BrO3/c5-2-1-3-8-4(6)7/h3H2,(H,6,7). The summed E-state index contributed by atoms with van der Waals surface area (Å²) in [6, 6.07) is 0. The molecule has 0 spiro atoms. The number of hydrogen-bond donors (Lipinski definition) is 1. The van der Waals surface area contributed by atoms with E-state index in [-0.39, 0.29) is 6.61 Å². The summed E-state index contributed by atoms with van der Waals surface area (Å²) in [7, 11) is 0. The highest BCUT2D eigenvalue weighted by molar-refractivity contribution is 9.12. The van der Waals surface area contributed by atoms with Gasteiger partial charge in [0.25, 0.3) is 0 Å².